The molecule has 0 saturated heterocycles. The van der Waals surface area contributed by atoms with Gasteiger partial charge in [0.05, 0.1) is 7.11 Å². The number of carbonyl (C=O) groups is 1. The van der Waals surface area contributed by atoms with Crippen LogP contribution in [-0.4, -0.2) is 19.1 Å². The Hall–Kier alpha value is -0.870. The average Bonchev–Trinajstić information content (AvgIpc) is 2.74. The Morgan fingerprint density at radius 3 is 3.12 bits per heavy atom. The van der Waals surface area contributed by atoms with Gasteiger partial charge >= 0.3 is 5.97 Å². The zero-order chi connectivity index (χ0) is 11.8. The van der Waals surface area contributed by atoms with Crippen LogP contribution < -0.4 is 5.32 Å². The van der Waals surface area contributed by atoms with Crippen LogP contribution in [0.1, 0.15) is 30.7 Å². The van der Waals surface area contributed by atoms with Crippen LogP contribution in [0.2, 0.25) is 0 Å². The molecule has 2 rings (SSSR count). The monoisotopic (exact) mass is 239 g/mol. The third-order valence-electron chi connectivity index (χ3n) is 3.22. The average molecular weight is 239 g/mol. The van der Waals surface area contributed by atoms with Crippen LogP contribution in [0.15, 0.2) is 11.4 Å². The Kier molecular flexibility index (Phi) is 3.04. The second-order valence-electron chi connectivity index (χ2n) is 4.27. The van der Waals surface area contributed by atoms with Gasteiger partial charge in [-0.05, 0) is 36.8 Å². The van der Waals surface area contributed by atoms with Crippen LogP contribution in [0, 0.1) is 0 Å². The van der Waals surface area contributed by atoms with Gasteiger partial charge in [-0.1, -0.05) is 6.92 Å². The Bertz CT molecular complexity index is 401. The van der Waals surface area contributed by atoms with Crippen molar-refractivity contribution in [2.45, 2.75) is 38.3 Å². The minimum atomic E-state index is -0.629. The number of fused-ring (bicyclic) bond motifs is 1. The lowest BCUT2D eigenvalue weighted by molar-refractivity contribution is -0.150. The van der Waals surface area contributed by atoms with E-state index in [4.69, 9.17) is 4.74 Å². The van der Waals surface area contributed by atoms with E-state index in [0.29, 0.717) is 6.04 Å². The lowest BCUT2D eigenvalue weighted by atomic mass is 9.85. The molecule has 16 heavy (non-hydrogen) atoms. The molecule has 1 N–H and O–H groups in total. The first-order valence-electron chi connectivity index (χ1n) is 5.57. The van der Waals surface area contributed by atoms with Crippen molar-refractivity contribution >= 4 is 17.3 Å². The SMILES string of the molecule is CC[C@]1(C(=O)OC)N[C@H](C)Cc2ccsc21. The highest BCUT2D eigenvalue weighted by atomic mass is 32.1. The summed E-state index contributed by atoms with van der Waals surface area (Å²) in [5.74, 6) is -0.176. The highest BCUT2D eigenvalue weighted by molar-refractivity contribution is 7.10. The van der Waals surface area contributed by atoms with Gasteiger partial charge in [0.15, 0.2) is 5.54 Å². The number of esters is 1. The molecule has 0 amide bonds. The molecule has 1 aliphatic rings. The summed E-state index contributed by atoms with van der Waals surface area (Å²) in [6, 6.07) is 2.42. The lowest BCUT2D eigenvalue weighted by Crippen LogP contribution is -2.56. The van der Waals surface area contributed by atoms with Crippen LogP contribution in [0.3, 0.4) is 0 Å². The summed E-state index contributed by atoms with van der Waals surface area (Å²) in [5.41, 5.74) is 0.652. The maximum atomic E-state index is 12.0. The van der Waals surface area contributed by atoms with Gasteiger partial charge in [-0.2, -0.15) is 0 Å². The largest absolute Gasteiger partial charge is 0.467 e. The molecule has 2 atom stereocenters. The van der Waals surface area contributed by atoms with Gasteiger partial charge in [-0.15, -0.1) is 11.3 Å². The van der Waals surface area contributed by atoms with E-state index in [1.54, 1.807) is 11.3 Å². The van der Waals surface area contributed by atoms with Crippen molar-refractivity contribution in [3.05, 3.63) is 21.9 Å². The fourth-order valence-corrected chi connectivity index (χ4v) is 3.63. The number of ether oxygens (including phenoxy) is 1. The first-order valence-corrected chi connectivity index (χ1v) is 6.45. The topological polar surface area (TPSA) is 38.3 Å². The van der Waals surface area contributed by atoms with Crippen molar-refractivity contribution in [3.63, 3.8) is 0 Å². The number of hydrogen-bond acceptors (Lipinski definition) is 4. The Morgan fingerprint density at radius 1 is 1.75 bits per heavy atom. The summed E-state index contributed by atoms with van der Waals surface area (Å²) in [7, 11) is 1.45. The van der Waals surface area contributed by atoms with E-state index in [0.717, 1.165) is 17.7 Å². The normalized spacial score (nSPS) is 28.6. The number of methoxy groups -OCH3 is 1. The van der Waals surface area contributed by atoms with Gasteiger partial charge in [-0.25, -0.2) is 4.79 Å². The molecule has 0 radical (unpaired) electrons. The zero-order valence-corrected chi connectivity index (χ0v) is 10.7. The molecule has 1 aromatic heterocycles. The highest BCUT2D eigenvalue weighted by Gasteiger charge is 2.45. The molecule has 0 saturated carbocycles. The highest BCUT2D eigenvalue weighted by Crippen LogP contribution is 2.38. The second-order valence-corrected chi connectivity index (χ2v) is 5.19. The molecule has 1 aliphatic heterocycles. The van der Waals surface area contributed by atoms with E-state index in [9.17, 15) is 4.79 Å². The van der Waals surface area contributed by atoms with Crippen LogP contribution in [-0.2, 0) is 21.5 Å². The molecule has 1 aromatic rings. The number of rotatable bonds is 2. The molecule has 0 aromatic carbocycles. The molecule has 0 spiro atoms. The number of nitrogens with one attached hydrogen (secondary N) is 1. The zero-order valence-electron chi connectivity index (χ0n) is 9.87. The van der Waals surface area contributed by atoms with Crippen molar-refractivity contribution in [3.8, 4) is 0 Å². The molecule has 3 nitrogen and oxygen atoms in total. The fourth-order valence-electron chi connectivity index (χ4n) is 2.47. The maximum absolute atomic E-state index is 12.0. The van der Waals surface area contributed by atoms with Gasteiger partial charge in [-0.3, -0.25) is 5.32 Å². The van der Waals surface area contributed by atoms with Gasteiger partial charge in [0, 0.05) is 10.9 Å². The van der Waals surface area contributed by atoms with E-state index in [-0.39, 0.29) is 5.97 Å². The van der Waals surface area contributed by atoms with Crippen molar-refractivity contribution < 1.29 is 9.53 Å². The number of carbonyl (C=O) groups excluding carboxylic acids is 1. The quantitative estimate of drug-likeness (QED) is 0.803. The standard InChI is InChI=1S/C12H17NO2S/c1-4-12(11(14)15-3)10-9(5-6-16-10)7-8(2)13-12/h5-6,8,13H,4,7H2,1-3H3/t8-,12+/m1/s1. The first kappa shape index (κ1) is 11.6. The smallest absolute Gasteiger partial charge is 0.331 e. The van der Waals surface area contributed by atoms with Gasteiger partial charge in [0.1, 0.15) is 0 Å². The molecule has 2 heterocycles. The summed E-state index contributed by atoms with van der Waals surface area (Å²) in [4.78, 5) is 13.2. The van der Waals surface area contributed by atoms with E-state index in [1.807, 2.05) is 6.92 Å². The van der Waals surface area contributed by atoms with Gasteiger partial charge in [0.2, 0.25) is 0 Å². The number of hydrogen-bond donors (Lipinski definition) is 1. The Labute approximate surface area is 99.8 Å². The minimum absolute atomic E-state index is 0.176. The predicted molar refractivity (Wildman–Crippen MR) is 64.6 cm³/mol. The summed E-state index contributed by atoms with van der Waals surface area (Å²) >= 11 is 1.64. The minimum Gasteiger partial charge on any atom is -0.467 e. The molecule has 0 unspecified atom stereocenters. The Balaban J connectivity index is 2.51. The molecular formula is C12H17NO2S. The summed E-state index contributed by atoms with van der Waals surface area (Å²) < 4.78 is 4.96. The maximum Gasteiger partial charge on any atom is 0.331 e. The van der Waals surface area contributed by atoms with Crippen molar-refractivity contribution in [1.82, 2.24) is 5.32 Å². The van der Waals surface area contributed by atoms with E-state index in [1.165, 1.54) is 12.7 Å². The molecule has 0 aliphatic carbocycles. The van der Waals surface area contributed by atoms with Crippen LogP contribution in [0.5, 0.6) is 0 Å². The molecule has 0 fully saturated rings. The van der Waals surface area contributed by atoms with Crippen LogP contribution >= 0.6 is 11.3 Å². The third-order valence-corrected chi connectivity index (χ3v) is 4.34. The van der Waals surface area contributed by atoms with Gasteiger partial charge in [0.25, 0.3) is 0 Å². The van der Waals surface area contributed by atoms with Crippen LogP contribution in [0.25, 0.3) is 0 Å². The third kappa shape index (κ3) is 1.57. The van der Waals surface area contributed by atoms with E-state index >= 15 is 0 Å². The molecule has 4 heteroatoms. The van der Waals surface area contributed by atoms with Crippen molar-refractivity contribution in [1.29, 1.82) is 0 Å². The summed E-state index contributed by atoms with van der Waals surface area (Å²) in [5, 5.41) is 5.46. The number of thiophene rings is 1. The van der Waals surface area contributed by atoms with Crippen molar-refractivity contribution in [2.75, 3.05) is 7.11 Å². The van der Waals surface area contributed by atoms with Crippen LogP contribution in [0.4, 0.5) is 0 Å². The molecule has 88 valence electrons. The first-order chi connectivity index (χ1) is 7.64. The predicted octanol–water partition coefficient (Wildman–Crippen LogP) is 2.06. The van der Waals surface area contributed by atoms with Gasteiger partial charge < -0.3 is 4.74 Å². The fraction of sp³-hybridized carbons (Fsp3) is 0.583. The summed E-state index contributed by atoms with van der Waals surface area (Å²) in [6.45, 7) is 4.12. The van der Waals surface area contributed by atoms with E-state index in [2.05, 4.69) is 23.7 Å². The molecule has 0 bridgehead atoms. The Morgan fingerprint density at radius 2 is 2.50 bits per heavy atom. The summed E-state index contributed by atoms with van der Waals surface area (Å²) in [6.07, 6.45) is 1.70. The second kappa shape index (κ2) is 4.18. The van der Waals surface area contributed by atoms with E-state index < -0.39 is 5.54 Å². The molecular weight excluding hydrogens is 222 g/mol. The van der Waals surface area contributed by atoms with Crippen molar-refractivity contribution in [2.24, 2.45) is 0 Å². The lowest BCUT2D eigenvalue weighted by Gasteiger charge is -2.38.